The third-order valence-corrected chi connectivity index (χ3v) is 7.20. The lowest BCUT2D eigenvalue weighted by Crippen LogP contribution is -2.36. The predicted molar refractivity (Wildman–Crippen MR) is 149 cm³/mol. The van der Waals surface area contributed by atoms with E-state index in [-0.39, 0.29) is 11.8 Å². The number of benzene rings is 1. The van der Waals surface area contributed by atoms with Gasteiger partial charge in [0.2, 0.25) is 17.7 Å². The van der Waals surface area contributed by atoms with Crippen LogP contribution in [-0.2, 0) is 11.8 Å². The summed E-state index contributed by atoms with van der Waals surface area (Å²) >= 11 is 0. The number of anilines is 1. The number of carbonyl (C=O) groups excluding carboxylic acids is 1. The van der Waals surface area contributed by atoms with Gasteiger partial charge < -0.3 is 24.4 Å². The standard InChI is InChI=1S/C29H28N8O3/c1-4-22(38)37-14-12-19(13-15-37)28-34-35-29(40-28)25-23(24-26(30)31-16-32-27(24)36(25)3)18-8-10-20(11-9-18)39-21-7-5-6-17(2)33-21/h4-11,16,19H,1,12-15H2,2-3H3,(H2,30,31,32). The number of nitrogens with zero attached hydrogens (tertiary/aromatic N) is 7. The van der Waals surface area contributed by atoms with Crippen molar-refractivity contribution in [3.05, 3.63) is 73.0 Å². The van der Waals surface area contributed by atoms with Gasteiger partial charge in [-0.2, -0.15) is 0 Å². The van der Waals surface area contributed by atoms with Crippen molar-refractivity contribution in [1.82, 2.24) is 34.6 Å². The van der Waals surface area contributed by atoms with E-state index in [4.69, 9.17) is 14.9 Å². The summed E-state index contributed by atoms with van der Waals surface area (Å²) in [6.45, 7) is 6.73. The Morgan fingerprint density at radius 2 is 1.90 bits per heavy atom. The van der Waals surface area contributed by atoms with Crippen LogP contribution in [0.25, 0.3) is 33.7 Å². The molecule has 4 aromatic heterocycles. The summed E-state index contributed by atoms with van der Waals surface area (Å²) in [6.07, 6.45) is 4.26. The second-order valence-electron chi connectivity index (χ2n) is 9.73. The fraction of sp³-hybridized carbons (Fsp3) is 0.241. The van der Waals surface area contributed by atoms with Gasteiger partial charge in [-0.25, -0.2) is 15.0 Å². The molecule has 1 aromatic carbocycles. The van der Waals surface area contributed by atoms with Crippen molar-refractivity contribution in [3.63, 3.8) is 0 Å². The van der Waals surface area contributed by atoms with Gasteiger partial charge in [-0.15, -0.1) is 10.2 Å². The molecule has 0 atom stereocenters. The zero-order chi connectivity index (χ0) is 27.8. The largest absolute Gasteiger partial charge is 0.439 e. The first-order valence-corrected chi connectivity index (χ1v) is 13.0. The molecule has 5 heterocycles. The number of likely N-dealkylation sites (tertiary alicyclic amines) is 1. The Bertz CT molecular complexity index is 1720. The van der Waals surface area contributed by atoms with Gasteiger partial charge in [-0.05, 0) is 49.6 Å². The first-order chi connectivity index (χ1) is 19.4. The van der Waals surface area contributed by atoms with Gasteiger partial charge in [0, 0.05) is 43.4 Å². The summed E-state index contributed by atoms with van der Waals surface area (Å²) in [7, 11) is 1.89. The number of amides is 1. The summed E-state index contributed by atoms with van der Waals surface area (Å²) < 4.78 is 14.1. The van der Waals surface area contributed by atoms with Gasteiger partial charge >= 0.3 is 0 Å². The van der Waals surface area contributed by atoms with Crippen LogP contribution in [0.1, 0.15) is 30.3 Å². The van der Waals surface area contributed by atoms with Crippen molar-refractivity contribution in [1.29, 1.82) is 0 Å². The first-order valence-electron chi connectivity index (χ1n) is 13.0. The molecule has 0 aliphatic carbocycles. The minimum atomic E-state index is -0.0601. The molecule has 5 aromatic rings. The number of fused-ring (bicyclic) bond motifs is 1. The number of carbonyl (C=O) groups is 1. The number of hydrogen-bond donors (Lipinski definition) is 1. The molecule has 0 saturated carbocycles. The fourth-order valence-electron chi connectivity index (χ4n) is 5.16. The van der Waals surface area contributed by atoms with Gasteiger partial charge in [0.05, 0.1) is 5.39 Å². The number of nitrogen functional groups attached to an aromatic ring is 1. The minimum absolute atomic E-state index is 0.0600. The van der Waals surface area contributed by atoms with Crippen LogP contribution in [-0.4, -0.2) is 53.6 Å². The molecule has 0 radical (unpaired) electrons. The number of ether oxygens (including phenoxy) is 1. The summed E-state index contributed by atoms with van der Waals surface area (Å²) in [5.41, 5.74) is 10.2. The van der Waals surface area contributed by atoms with Gasteiger partial charge in [-0.1, -0.05) is 24.8 Å². The number of nitrogens with two attached hydrogens (primary N) is 1. The number of aromatic nitrogens is 6. The molecule has 1 fully saturated rings. The Morgan fingerprint density at radius 3 is 2.62 bits per heavy atom. The van der Waals surface area contributed by atoms with Crippen LogP contribution < -0.4 is 10.5 Å². The summed E-state index contributed by atoms with van der Waals surface area (Å²) in [6, 6.07) is 13.3. The van der Waals surface area contributed by atoms with Crippen molar-refractivity contribution in [2.75, 3.05) is 18.8 Å². The lowest BCUT2D eigenvalue weighted by atomic mass is 9.97. The van der Waals surface area contributed by atoms with E-state index >= 15 is 0 Å². The minimum Gasteiger partial charge on any atom is -0.439 e. The summed E-state index contributed by atoms with van der Waals surface area (Å²) in [5, 5.41) is 9.52. The Hall–Kier alpha value is -5.06. The molecular formula is C29H28N8O3. The van der Waals surface area contributed by atoms with E-state index in [2.05, 4.69) is 31.7 Å². The zero-order valence-electron chi connectivity index (χ0n) is 22.2. The average Bonchev–Trinajstić information content (AvgIpc) is 3.57. The Labute approximate surface area is 230 Å². The Kier molecular flexibility index (Phi) is 6.47. The number of piperidine rings is 1. The highest BCUT2D eigenvalue weighted by Gasteiger charge is 2.29. The monoisotopic (exact) mass is 536 g/mol. The lowest BCUT2D eigenvalue weighted by molar-refractivity contribution is -0.127. The molecule has 0 bridgehead atoms. The predicted octanol–water partition coefficient (Wildman–Crippen LogP) is 4.66. The molecular weight excluding hydrogens is 508 g/mol. The topological polar surface area (TPSA) is 138 Å². The van der Waals surface area contributed by atoms with Gasteiger partial charge in [-0.3, -0.25) is 4.79 Å². The maximum atomic E-state index is 12.0. The molecule has 11 nitrogen and oxygen atoms in total. The van der Waals surface area contributed by atoms with Crippen LogP contribution in [0, 0.1) is 6.92 Å². The van der Waals surface area contributed by atoms with Crippen molar-refractivity contribution < 1.29 is 13.9 Å². The number of rotatable bonds is 6. The van der Waals surface area contributed by atoms with Gasteiger partial charge in [0.25, 0.3) is 5.89 Å². The molecule has 40 heavy (non-hydrogen) atoms. The van der Waals surface area contributed by atoms with E-state index in [1.165, 1.54) is 12.4 Å². The molecule has 202 valence electrons. The van der Waals surface area contributed by atoms with E-state index in [9.17, 15) is 4.79 Å². The average molecular weight is 537 g/mol. The highest BCUT2D eigenvalue weighted by molar-refractivity contribution is 6.06. The van der Waals surface area contributed by atoms with Crippen LogP contribution >= 0.6 is 0 Å². The highest BCUT2D eigenvalue weighted by Crippen LogP contribution is 2.42. The molecule has 1 amide bonds. The van der Waals surface area contributed by atoms with Crippen LogP contribution in [0.5, 0.6) is 11.6 Å². The highest BCUT2D eigenvalue weighted by atomic mass is 16.5. The van der Waals surface area contributed by atoms with E-state index in [1.54, 1.807) is 4.90 Å². The third-order valence-electron chi connectivity index (χ3n) is 7.20. The SMILES string of the molecule is C=CC(=O)N1CCC(c2nnc(-c3c(-c4ccc(Oc5cccc(C)n5)cc4)c4c(N)ncnc4n3C)o2)CC1. The third kappa shape index (κ3) is 4.55. The maximum Gasteiger partial charge on any atom is 0.265 e. The van der Waals surface area contributed by atoms with Crippen molar-refractivity contribution in [3.8, 4) is 34.3 Å². The number of hydrogen-bond acceptors (Lipinski definition) is 9. The lowest BCUT2D eigenvalue weighted by Gasteiger charge is -2.29. The number of pyridine rings is 1. The number of aryl methyl sites for hydroxylation is 2. The molecule has 1 saturated heterocycles. The second kappa shape index (κ2) is 10.3. The summed E-state index contributed by atoms with van der Waals surface area (Å²) in [4.78, 5) is 26.9. The normalized spacial score (nSPS) is 14.0. The summed E-state index contributed by atoms with van der Waals surface area (Å²) in [5.74, 6) is 2.43. The van der Waals surface area contributed by atoms with Crippen LogP contribution in [0.3, 0.4) is 0 Å². The molecule has 6 rings (SSSR count). The molecule has 1 aliphatic rings. The van der Waals surface area contributed by atoms with E-state index in [0.29, 0.717) is 59.0 Å². The smallest absolute Gasteiger partial charge is 0.265 e. The molecule has 0 unspecified atom stereocenters. The van der Waals surface area contributed by atoms with Crippen LogP contribution in [0.15, 0.2) is 65.9 Å². The molecule has 11 heteroatoms. The van der Waals surface area contributed by atoms with Crippen molar-refractivity contribution >= 4 is 22.8 Å². The Balaban J connectivity index is 1.36. The van der Waals surface area contributed by atoms with E-state index in [0.717, 1.165) is 29.7 Å². The maximum absolute atomic E-state index is 12.0. The van der Waals surface area contributed by atoms with Crippen LogP contribution in [0.2, 0.25) is 0 Å². The Morgan fingerprint density at radius 1 is 1.12 bits per heavy atom. The first kappa shape index (κ1) is 25.2. The molecule has 0 spiro atoms. The van der Waals surface area contributed by atoms with E-state index < -0.39 is 0 Å². The second-order valence-corrected chi connectivity index (χ2v) is 9.73. The van der Waals surface area contributed by atoms with Gasteiger partial charge in [0.15, 0.2) is 0 Å². The fourth-order valence-corrected chi connectivity index (χ4v) is 5.16. The molecule has 1 aliphatic heterocycles. The van der Waals surface area contributed by atoms with Crippen LogP contribution in [0.4, 0.5) is 5.82 Å². The zero-order valence-corrected chi connectivity index (χ0v) is 22.2. The quantitative estimate of drug-likeness (QED) is 0.307. The van der Waals surface area contributed by atoms with Crippen molar-refractivity contribution in [2.24, 2.45) is 7.05 Å². The molecule has 2 N–H and O–H groups in total. The van der Waals surface area contributed by atoms with Gasteiger partial charge in [0.1, 0.15) is 29.2 Å². The van der Waals surface area contributed by atoms with E-state index in [1.807, 2.05) is 61.0 Å². The van der Waals surface area contributed by atoms with Crippen molar-refractivity contribution in [2.45, 2.75) is 25.7 Å².